The molecule has 5 heteroatoms. The van der Waals surface area contributed by atoms with Crippen molar-refractivity contribution >= 4 is 21.6 Å². The van der Waals surface area contributed by atoms with Crippen LogP contribution in [0, 0.1) is 11.8 Å². The van der Waals surface area contributed by atoms with Gasteiger partial charge in [-0.05, 0) is 53.4 Å². The molecular weight excluding hydrogens is 330 g/mol. The number of hydrogen-bond acceptors (Lipinski definition) is 3. The van der Waals surface area contributed by atoms with Crippen LogP contribution in [0.15, 0.2) is 15.5 Å². The SMILES string of the molecule is O=c1c(Br)c(NCCCC2CCCC2)cnn1CC1CC1. The minimum absolute atomic E-state index is 0.0114. The lowest BCUT2D eigenvalue weighted by Gasteiger charge is -2.12. The molecule has 116 valence electrons. The van der Waals surface area contributed by atoms with Crippen LogP contribution in [0.25, 0.3) is 0 Å². The van der Waals surface area contributed by atoms with Crippen molar-refractivity contribution in [1.82, 2.24) is 9.78 Å². The molecule has 1 N–H and O–H groups in total. The second kappa shape index (κ2) is 6.95. The van der Waals surface area contributed by atoms with E-state index in [0.29, 0.717) is 10.4 Å². The second-order valence-corrected chi connectivity index (χ2v) is 7.32. The van der Waals surface area contributed by atoms with E-state index in [2.05, 4.69) is 26.3 Å². The van der Waals surface area contributed by atoms with Crippen molar-refractivity contribution in [3.8, 4) is 0 Å². The van der Waals surface area contributed by atoms with Crippen molar-refractivity contribution in [1.29, 1.82) is 0 Å². The van der Waals surface area contributed by atoms with Gasteiger partial charge in [-0.1, -0.05) is 25.7 Å². The Bertz CT molecular complexity index is 533. The van der Waals surface area contributed by atoms with Crippen LogP contribution in [0.3, 0.4) is 0 Å². The van der Waals surface area contributed by atoms with Crippen LogP contribution in [0.1, 0.15) is 51.4 Å². The zero-order chi connectivity index (χ0) is 14.7. The van der Waals surface area contributed by atoms with Gasteiger partial charge >= 0.3 is 0 Å². The molecule has 1 aromatic rings. The smallest absolute Gasteiger partial charge is 0.283 e. The van der Waals surface area contributed by atoms with Gasteiger partial charge < -0.3 is 5.32 Å². The van der Waals surface area contributed by atoms with Crippen LogP contribution in [-0.4, -0.2) is 16.3 Å². The van der Waals surface area contributed by atoms with Gasteiger partial charge in [0, 0.05) is 13.1 Å². The molecular formula is C16H24BrN3O. The van der Waals surface area contributed by atoms with Crippen LogP contribution in [0.5, 0.6) is 0 Å². The van der Waals surface area contributed by atoms with Crippen molar-refractivity contribution < 1.29 is 0 Å². The third-order valence-electron chi connectivity index (χ3n) is 4.69. The Kier molecular flexibility index (Phi) is 4.99. The number of nitrogens with zero attached hydrogens (tertiary/aromatic N) is 2. The molecule has 2 fully saturated rings. The Morgan fingerprint density at radius 1 is 1.24 bits per heavy atom. The first-order valence-corrected chi connectivity index (χ1v) is 9.03. The van der Waals surface area contributed by atoms with E-state index in [1.807, 2.05) is 0 Å². The Hall–Kier alpha value is -0.840. The van der Waals surface area contributed by atoms with Gasteiger partial charge in [-0.3, -0.25) is 4.79 Å². The van der Waals surface area contributed by atoms with E-state index in [4.69, 9.17) is 0 Å². The highest BCUT2D eigenvalue weighted by atomic mass is 79.9. The molecule has 0 saturated heterocycles. The number of halogens is 1. The fourth-order valence-electron chi connectivity index (χ4n) is 3.18. The highest BCUT2D eigenvalue weighted by Gasteiger charge is 2.23. The predicted octanol–water partition coefficient (Wildman–Crippen LogP) is 3.80. The Morgan fingerprint density at radius 2 is 2.00 bits per heavy atom. The first-order chi connectivity index (χ1) is 10.2. The zero-order valence-electron chi connectivity index (χ0n) is 12.5. The van der Waals surface area contributed by atoms with E-state index in [9.17, 15) is 4.79 Å². The van der Waals surface area contributed by atoms with Gasteiger partial charge in [-0.2, -0.15) is 5.10 Å². The van der Waals surface area contributed by atoms with Crippen molar-refractivity contribution in [3.05, 3.63) is 21.0 Å². The van der Waals surface area contributed by atoms with E-state index in [-0.39, 0.29) is 5.56 Å². The van der Waals surface area contributed by atoms with Crippen LogP contribution in [0.2, 0.25) is 0 Å². The zero-order valence-corrected chi connectivity index (χ0v) is 14.1. The molecule has 0 radical (unpaired) electrons. The predicted molar refractivity (Wildman–Crippen MR) is 88.6 cm³/mol. The molecule has 0 unspecified atom stereocenters. The standard InChI is InChI=1S/C16H24BrN3O/c17-15-14(18-9-3-6-12-4-1-2-5-12)10-19-20(16(15)21)11-13-7-8-13/h10,12-13,18H,1-9,11H2. The van der Waals surface area contributed by atoms with E-state index in [0.717, 1.165) is 24.7 Å². The van der Waals surface area contributed by atoms with Gasteiger partial charge in [0.15, 0.2) is 0 Å². The quantitative estimate of drug-likeness (QED) is 0.758. The van der Waals surface area contributed by atoms with Crippen molar-refractivity contribution in [2.45, 2.75) is 57.9 Å². The van der Waals surface area contributed by atoms with Gasteiger partial charge in [0.25, 0.3) is 5.56 Å². The van der Waals surface area contributed by atoms with Crippen LogP contribution >= 0.6 is 15.9 Å². The van der Waals surface area contributed by atoms with Gasteiger partial charge in [-0.25, -0.2) is 4.68 Å². The summed E-state index contributed by atoms with van der Waals surface area (Å²) in [4.78, 5) is 12.2. The maximum atomic E-state index is 12.2. The molecule has 0 aliphatic heterocycles. The molecule has 2 saturated carbocycles. The highest BCUT2D eigenvalue weighted by molar-refractivity contribution is 9.10. The fraction of sp³-hybridized carbons (Fsp3) is 0.750. The van der Waals surface area contributed by atoms with Gasteiger partial charge in [-0.15, -0.1) is 0 Å². The second-order valence-electron chi connectivity index (χ2n) is 6.52. The van der Waals surface area contributed by atoms with Gasteiger partial charge in [0.2, 0.25) is 0 Å². The molecule has 4 nitrogen and oxygen atoms in total. The van der Waals surface area contributed by atoms with Gasteiger partial charge in [0.05, 0.1) is 11.9 Å². The normalized spacial score (nSPS) is 19.1. The number of anilines is 1. The number of nitrogens with one attached hydrogen (secondary N) is 1. The van der Waals surface area contributed by atoms with E-state index in [1.54, 1.807) is 10.9 Å². The first-order valence-electron chi connectivity index (χ1n) is 8.23. The maximum Gasteiger partial charge on any atom is 0.283 e. The molecule has 1 aromatic heterocycles. The molecule has 1 heterocycles. The number of hydrogen-bond donors (Lipinski definition) is 1. The lowest BCUT2D eigenvalue weighted by molar-refractivity contribution is 0.491. The maximum absolute atomic E-state index is 12.2. The van der Waals surface area contributed by atoms with Crippen molar-refractivity contribution in [2.24, 2.45) is 11.8 Å². The molecule has 0 bridgehead atoms. The van der Waals surface area contributed by atoms with E-state index >= 15 is 0 Å². The first kappa shape index (κ1) is 15.1. The van der Waals surface area contributed by atoms with Crippen LogP contribution in [-0.2, 0) is 6.54 Å². The molecule has 0 aromatic carbocycles. The summed E-state index contributed by atoms with van der Waals surface area (Å²) in [5.41, 5.74) is 0.821. The average Bonchev–Trinajstić information content (AvgIpc) is 3.15. The summed E-state index contributed by atoms with van der Waals surface area (Å²) in [7, 11) is 0. The topological polar surface area (TPSA) is 46.9 Å². The lowest BCUT2D eigenvalue weighted by Crippen LogP contribution is -2.25. The Labute approximate surface area is 134 Å². The van der Waals surface area contributed by atoms with Crippen molar-refractivity contribution in [3.63, 3.8) is 0 Å². The van der Waals surface area contributed by atoms with Crippen LogP contribution in [0.4, 0.5) is 5.69 Å². The third-order valence-corrected chi connectivity index (χ3v) is 5.46. The number of aromatic nitrogens is 2. The summed E-state index contributed by atoms with van der Waals surface area (Å²) in [6, 6.07) is 0. The molecule has 2 aliphatic carbocycles. The molecule has 0 spiro atoms. The molecule has 3 rings (SSSR count). The third kappa shape index (κ3) is 4.09. The summed E-state index contributed by atoms with van der Waals surface area (Å²) >= 11 is 3.42. The van der Waals surface area contributed by atoms with E-state index < -0.39 is 0 Å². The summed E-state index contributed by atoms with van der Waals surface area (Å²) in [5.74, 6) is 1.59. The fourth-order valence-corrected chi connectivity index (χ4v) is 3.62. The van der Waals surface area contributed by atoms with E-state index in [1.165, 1.54) is 51.4 Å². The number of rotatable bonds is 7. The molecule has 2 aliphatic rings. The summed E-state index contributed by atoms with van der Waals surface area (Å²) < 4.78 is 2.21. The monoisotopic (exact) mass is 353 g/mol. The minimum Gasteiger partial charge on any atom is -0.383 e. The van der Waals surface area contributed by atoms with Gasteiger partial charge in [0.1, 0.15) is 4.47 Å². The largest absolute Gasteiger partial charge is 0.383 e. The van der Waals surface area contributed by atoms with Crippen molar-refractivity contribution in [2.75, 3.05) is 11.9 Å². The molecule has 21 heavy (non-hydrogen) atoms. The molecule has 0 amide bonds. The Morgan fingerprint density at radius 3 is 2.71 bits per heavy atom. The molecule has 0 atom stereocenters. The lowest BCUT2D eigenvalue weighted by atomic mass is 10.0. The highest BCUT2D eigenvalue weighted by Crippen LogP contribution is 2.30. The minimum atomic E-state index is -0.0114. The van der Waals surface area contributed by atoms with Crippen LogP contribution < -0.4 is 10.9 Å². The average molecular weight is 354 g/mol. The summed E-state index contributed by atoms with van der Waals surface area (Å²) in [5, 5.41) is 7.64. The summed E-state index contributed by atoms with van der Waals surface area (Å²) in [6.45, 7) is 1.68. The Balaban J connectivity index is 1.50. The summed E-state index contributed by atoms with van der Waals surface area (Å²) in [6.07, 6.45) is 12.3.